The van der Waals surface area contributed by atoms with Gasteiger partial charge in [0.15, 0.2) is 0 Å². The molecule has 94 valence electrons. The van der Waals surface area contributed by atoms with E-state index in [2.05, 4.69) is 4.90 Å². The fourth-order valence-electron chi connectivity index (χ4n) is 2.46. The van der Waals surface area contributed by atoms with E-state index in [0.29, 0.717) is 10.0 Å². The van der Waals surface area contributed by atoms with Crippen LogP contribution in [0.4, 0.5) is 0 Å². The van der Waals surface area contributed by atoms with Crippen molar-refractivity contribution in [1.82, 2.24) is 4.90 Å². The summed E-state index contributed by atoms with van der Waals surface area (Å²) in [6.07, 6.45) is 3.23. The third-order valence-electron chi connectivity index (χ3n) is 3.31. The van der Waals surface area contributed by atoms with Gasteiger partial charge in [-0.25, -0.2) is 0 Å². The number of benzene rings is 1. The number of aliphatic hydroxyl groups is 1. The molecule has 2 nitrogen and oxygen atoms in total. The van der Waals surface area contributed by atoms with Gasteiger partial charge >= 0.3 is 0 Å². The minimum atomic E-state index is 0.196. The summed E-state index contributed by atoms with van der Waals surface area (Å²) in [5, 5.41) is 10.4. The molecular weight excluding hydrogens is 257 g/mol. The van der Waals surface area contributed by atoms with Crippen LogP contribution in [0, 0.1) is 0 Å². The first-order valence-corrected chi connectivity index (χ1v) is 6.78. The molecule has 0 amide bonds. The molecular formula is C13H17Cl2NO. The molecule has 0 aliphatic carbocycles. The van der Waals surface area contributed by atoms with Gasteiger partial charge in [-0.15, -0.1) is 0 Å². The molecule has 1 heterocycles. The maximum atomic E-state index is 9.20. The van der Waals surface area contributed by atoms with E-state index >= 15 is 0 Å². The number of hydrogen-bond acceptors (Lipinski definition) is 2. The van der Waals surface area contributed by atoms with Crippen LogP contribution in [-0.4, -0.2) is 29.7 Å². The second-order valence-electron chi connectivity index (χ2n) is 4.44. The van der Waals surface area contributed by atoms with Crippen molar-refractivity contribution in [3.05, 3.63) is 33.8 Å². The summed E-state index contributed by atoms with van der Waals surface area (Å²) in [5.41, 5.74) is 1.15. The van der Waals surface area contributed by atoms with Crippen molar-refractivity contribution in [1.29, 1.82) is 0 Å². The summed E-state index contributed by atoms with van der Waals surface area (Å²) in [5.74, 6) is 0. The summed E-state index contributed by atoms with van der Waals surface area (Å²) in [6.45, 7) is 2.40. The number of halogens is 2. The summed E-state index contributed by atoms with van der Waals surface area (Å²) >= 11 is 12.0. The van der Waals surface area contributed by atoms with Gasteiger partial charge in [0.1, 0.15) is 0 Å². The van der Waals surface area contributed by atoms with E-state index in [1.165, 1.54) is 12.8 Å². The Morgan fingerprint density at radius 3 is 2.47 bits per heavy atom. The van der Waals surface area contributed by atoms with Crippen LogP contribution in [0.25, 0.3) is 0 Å². The Kier molecular flexibility index (Phi) is 4.69. The molecule has 1 unspecified atom stereocenters. The molecule has 0 bridgehead atoms. The van der Waals surface area contributed by atoms with Gasteiger partial charge in [0.25, 0.3) is 0 Å². The molecule has 1 aliphatic heterocycles. The van der Waals surface area contributed by atoms with Gasteiger partial charge in [0.2, 0.25) is 0 Å². The molecule has 1 saturated heterocycles. The highest BCUT2D eigenvalue weighted by Crippen LogP contribution is 2.31. The van der Waals surface area contributed by atoms with Crippen molar-refractivity contribution in [3.63, 3.8) is 0 Å². The first-order chi connectivity index (χ1) is 8.22. The third kappa shape index (κ3) is 3.14. The van der Waals surface area contributed by atoms with E-state index in [0.717, 1.165) is 25.1 Å². The summed E-state index contributed by atoms with van der Waals surface area (Å²) < 4.78 is 0. The lowest BCUT2D eigenvalue weighted by atomic mass is 10.0. The van der Waals surface area contributed by atoms with Crippen molar-refractivity contribution in [2.45, 2.75) is 25.3 Å². The van der Waals surface area contributed by atoms with Crippen molar-refractivity contribution in [3.8, 4) is 0 Å². The highest BCUT2D eigenvalue weighted by molar-refractivity contribution is 6.42. The predicted octanol–water partition coefficient (Wildman–Crippen LogP) is 3.51. The van der Waals surface area contributed by atoms with Gasteiger partial charge in [-0.3, -0.25) is 4.90 Å². The van der Waals surface area contributed by atoms with Crippen LogP contribution >= 0.6 is 23.2 Å². The van der Waals surface area contributed by atoms with E-state index < -0.39 is 0 Å². The summed E-state index contributed by atoms with van der Waals surface area (Å²) in [4.78, 5) is 2.41. The van der Waals surface area contributed by atoms with Crippen molar-refractivity contribution in [2.24, 2.45) is 0 Å². The van der Waals surface area contributed by atoms with Crippen LogP contribution in [-0.2, 0) is 0 Å². The van der Waals surface area contributed by atoms with E-state index in [4.69, 9.17) is 23.2 Å². The monoisotopic (exact) mass is 273 g/mol. The van der Waals surface area contributed by atoms with Gasteiger partial charge in [-0.05, 0) is 50.0 Å². The van der Waals surface area contributed by atoms with Crippen molar-refractivity contribution < 1.29 is 5.11 Å². The van der Waals surface area contributed by atoms with Gasteiger partial charge < -0.3 is 5.11 Å². The van der Waals surface area contributed by atoms with E-state index in [1.54, 1.807) is 0 Å². The maximum Gasteiger partial charge on any atom is 0.0595 e. The zero-order valence-corrected chi connectivity index (χ0v) is 11.2. The summed E-state index contributed by atoms with van der Waals surface area (Å²) in [6, 6.07) is 6.02. The lowest BCUT2D eigenvalue weighted by molar-refractivity contribution is 0.185. The Bertz CT molecular complexity index is 378. The molecule has 17 heavy (non-hydrogen) atoms. The molecule has 1 fully saturated rings. The smallest absolute Gasteiger partial charge is 0.0595 e. The molecule has 0 spiro atoms. The Labute approximate surface area is 112 Å². The molecule has 1 aromatic carbocycles. The zero-order chi connectivity index (χ0) is 12.3. The number of likely N-dealkylation sites (tertiary alicyclic amines) is 1. The minimum absolute atomic E-state index is 0.196. The summed E-state index contributed by atoms with van der Waals surface area (Å²) in [7, 11) is 0. The maximum absolute atomic E-state index is 9.20. The molecule has 1 aromatic rings. The Hall–Kier alpha value is -0.280. The quantitative estimate of drug-likeness (QED) is 0.908. The first kappa shape index (κ1) is 13.2. The molecule has 4 heteroatoms. The largest absolute Gasteiger partial charge is 0.396 e. The molecule has 2 rings (SSSR count). The molecule has 1 aliphatic rings. The van der Waals surface area contributed by atoms with Gasteiger partial charge in [-0.2, -0.15) is 0 Å². The van der Waals surface area contributed by atoms with Crippen LogP contribution in [0.5, 0.6) is 0 Å². The molecule has 1 atom stereocenters. The molecule has 0 saturated carbocycles. The van der Waals surface area contributed by atoms with Gasteiger partial charge in [-0.1, -0.05) is 29.3 Å². The van der Waals surface area contributed by atoms with Crippen molar-refractivity contribution in [2.75, 3.05) is 19.7 Å². The molecule has 0 aromatic heterocycles. The normalized spacial score (nSPS) is 18.5. The highest BCUT2D eigenvalue weighted by atomic mass is 35.5. The second kappa shape index (κ2) is 6.05. The lowest BCUT2D eigenvalue weighted by Crippen LogP contribution is -2.26. The second-order valence-corrected chi connectivity index (χ2v) is 5.26. The van der Waals surface area contributed by atoms with Crippen molar-refractivity contribution >= 4 is 23.2 Å². The van der Waals surface area contributed by atoms with Crippen LogP contribution < -0.4 is 0 Å². The molecule has 0 radical (unpaired) electrons. The average molecular weight is 274 g/mol. The lowest BCUT2D eigenvalue weighted by Gasteiger charge is -2.27. The zero-order valence-electron chi connectivity index (χ0n) is 9.70. The average Bonchev–Trinajstić information content (AvgIpc) is 2.83. The Morgan fingerprint density at radius 1 is 1.18 bits per heavy atom. The number of hydrogen-bond donors (Lipinski definition) is 1. The number of nitrogens with zero attached hydrogens (tertiary/aromatic N) is 1. The fraction of sp³-hybridized carbons (Fsp3) is 0.538. The van der Waals surface area contributed by atoms with Gasteiger partial charge in [0, 0.05) is 12.6 Å². The Balaban J connectivity index is 2.21. The third-order valence-corrected chi connectivity index (χ3v) is 4.05. The van der Waals surface area contributed by atoms with E-state index in [9.17, 15) is 5.11 Å². The number of aliphatic hydroxyl groups excluding tert-OH is 1. The minimum Gasteiger partial charge on any atom is -0.396 e. The standard InChI is InChI=1S/C13H17Cl2NO/c14-11-4-3-10(9-12(11)15)13(5-8-17)16-6-1-2-7-16/h3-4,9,13,17H,1-2,5-8H2. The van der Waals surface area contributed by atoms with Crippen LogP contribution in [0.3, 0.4) is 0 Å². The molecule has 1 N–H and O–H groups in total. The predicted molar refractivity (Wildman–Crippen MR) is 71.7 cm³/mol. The SMILES string of the molecule is OCCC(c1ccc(Cl)c(Cl)c1)N1CCCC1. The van der Waals surface area contributed by atoms with E-state index in [1.807, 2.05) is 18.2 Å². The van der Waals surface area contributed by atoms with Gasteiger partial charge in [0.05, 0.1) is 10.0 Å². The highest BCUT2D eigenvalue weighted by Gasteiger charge is 2.23. The number of rotatable bonds is 4. The Morgan fingerprint density at radius 2 is 1.88 bits per heavy atom. The van der Waals surface area contributed by atoms with E-state index in [-0.39, 0.29) is 12.6 Å². The van der Waals surface area contributed by atoms with Crippen LogP contribution in [0.15, 0.2) is 18.2 Å². The van der Waals surface area contributed by atoms with Crippen LogP contribution in [0.2, 0.25) is 10.0 Å². The topological polar surface area (TPSA) is 23.5 Å². The van der Waals surface area contributed by atoms with Crippen LogP contribution in [0.1, 0.15) is 30.9 Å². The first-order valence-electron chi connectivity index (χ1n) is 6.02. The fourth-order valence-corrected chi connectivity index (χ4v) is 2.76.